The molecule has 0 atom stereocenters. The summed E-state index contributed by atoms with van der Waals surface area (Å²) in [4.78, 5) is 24.1. The van der Waals surface area contributed by atoms with Gasteiger partial charge in [-0.05, 0) is 37.1 Å². The van der Waals surface area contributed by atoms with Crippen molar-refractivity contribution in [2.75, 3.05) is 11.9 Å². The predicted octanol–water partition coefficient (Wildman–Crippen LogP) is 3.49. The van der Waals surface area contributed by atoms with Crippen LogP contribution in [0.25, 0.3) is 11.3 Å². The number of esters is 1. The van der Waals surface area contributed by atoms with Gasteiger partial charge >= 0.3 is 5.97 Å². The van der Waals surface area contributed by atoms with Gasteiger partial charge in [0.1, 0.15) is 5.69 Å². The molecule has 3 rings (SSSR count). The minimum Gasteiger partial charge on any atom is -0.451 e. The Labute approximate surface area is 151 Å². The zero-order chi connectivity index (χ0) is 18.5. The Hall–Kier alpha value is -3.41. The number of amides is 1. The largest absolute Gasteiger partial charge is 0.451 e. The average molecular weight is 349 g/mol. The van der Waals surface area contributed by atoms with E-state index in [1.54, 1.807) is 6.07 Å². The number of nitrogens with one attached hydrogen (secondary N) is 2. The molecule has 2 aromatic carbocycles. The van der Waals surface area contributed by atoms with Gasteiger partial charge < -0.3 is 10.1 Å². The lowest BCUT2D eigenvalue weighted by Gasteiger charge is -2.10. The van der Waals surface area contributed by atoms with Gasteiger partial charge in [-0.15, -0.1) is 0 Å². The van der Waals surface area contributed by atoms with E-state index in [9.17, 15) is 9.59 Å². The number of nitrogens with zero attached hydrogens (tertiary/aromatic N) is 1. The molecule has 2 N–H and O–H groups in total. The Bertz CT molecular complexity index is 932. The zero-order valence-electron chi connectivity index (χ0n) is 14.6. The Balaban J connectivity index is 1.58. The van der Waals surface area contributed by atoms with E-state index in [1.165, 1.54) is 0 Å². The van der Waals surface area contributed by atoms with E-state index in [1.807, 2.05) is 62.4 Å². The van der Waals surface area contributed by atoms with E-state index >= 15 is 0 Å². The lowest BCUT2D eigenvalue weighted by atomic mass is 10.1. The molecule has 0 saturated carbocycles. The third kappa shape index (κ3) is 3.97. The molecule has 1 amide bonds. The summed E-state index contributed by atoms with van der Waals surface area (Å²) in [6, 6.07) is 16.7. The minimum absolute atomic E-state index is 0.198. The number of aromatic nitrogens is 2. The monoisotopic (exact) mass is 349 g/mol. The van der Waals surface area contributed by atoms with Crippen LogP contribution in [-0.4, -0.2) is 28.7 Å². The summed E-state index contributed by atoms with van der Waals surface area (Å²) < 4.78 is 5.06. The molecule has 0 radical (unpaired) electrons. The van der Waals surface area contributed by atoms with Gasteiger partial charge in [0.25, 0.3) is 5.91 Å². The predicted molar refractivity (Wildman–Crippen MR) is 98.9 cm³/mol. The summed E-state index contributed by atoms with van der Waals surface area (Å²) in [5.41, 5.74) is 4.48. The number of rotatable bonds is 5. The van der Waals surface area contributed by atoms with E-state index in [4.69, 9.17) is 4.74 Å². The molecule has 6 heteroatoms. The normalized spacial score (nSPS) is 10.4. The van der Waals surface area contributed by atoms with Crippen molar-refractivity contribution in [3.63, 3.8) is 0 Å². The van der Waals surface area contributed by atoms with Crippen LogP contribution in [0.4, 0.5) is 5.69 Å². The molecular formula is C20H19N3O3. The van der Waals surface area contributed by atoms with E-state index in [0.717, 1.165) is 16.7 Å². The third-order valence-corrected chi connectivity index (χ3v) is 4.08. The Morgan fingerprint density at radius 3 is 2.62 bits per heavy atom. The van der Waals surface area contributed by atoms with Gasteiger partial charge in [-0.2, -0.15) is 5.10 Å². The second kappa shape index (κ2) is 7.65. The molecule has 0 spiro atoms. The number of benzene rings is 2. The molecule has 0 fully saturated rings. The number of ether oxygens (including phenoxy) is 1. The van der Waals surface area contributed by atoms with Crippen LogP contribution in [0.5, 0.6) is 0 Å². The molecule has 0 aliphatic carbocycles. The Kier molecular flexibility index (Phi) is 5.12. The highest BCUT2D eigenvalue weighted by molar-refractivity contribution is 5.95. The maximum atomic E-state index is 12.1. The minimum atomic E-state index is -0.629. The molecule has 0 saturated heterocycles. The van der Waals surface area contributed by atoms with Gasteiger partial charge in [0, 0.05) is 11.3 Å². The number of aromatic amines is 1. The molecule has 132 valence electrons. The smallest absolute Gasteiger partial charge is 0.356 e. The second-order valence-corrected chi connectivity index (χ2v) is 5.90. The SMILES string of the molecule is Cc1cccc(NC(=O)COC(=O)c2cc(-c3ccccc3)n[nH]2)c1C. The number of hydrogen-bond donors (Lipinski definition) is 2. The standard InChI is InChI=1S/C20H19N3O3/c1-13-7-6-10-16(14(13)2)21-19(24)12-26-20(25)18-11-17(22-23-18)15-8-4-3-5-9-15/h3-11H,12H2,1-2H3,(H,21,24)(H,22,23). The maximum absolute atomic E-state index is 12.1. The van der Waals surface area contributed by atoms with Crippen LogP contribution in [0, 0.1) is 13.8 Å². The van der Waals surface area contributed by atoms with E-state index in [2.05, 4.69) is 15.5 Å². The van der Waals surface area contributed by atoms with E-state index < -0.39 is 11.9 Å². The van der Waals surface area contributed by atoms with Crippen molar-refractivity contribution in [3.8, 4) is 11.3 Å². The van der Waals surface area contributed by atoms with Crippen molar-refractivity contribution in [1.29, 1.82) is 0 Å². The van der Waals surface area contributed by atoms with Crippen LogP contribution >= 0.6 is 0 Å². The lowest BCUT2D eigenvalue weighted by Crippen LogP contribution is -2.21. The van der Waals surface area contributed by atoms with Gasteiger partial charge in [-0.1, -0.05) is 42.5 Å². The Morgan fingerprint density at radius 2 is 1.85 bits per heavy atom. The number of carbonyl (C=O) groups excluding carboxylic acids is 2. The van der Waals surface area contributed by atoms with Gasteiger partial charge in [-0.25, -0.2) is 4.79 Å². The van der Waals surface area contributed by atoms with Crippen LogP contribution in [0.15, 0.2) is 54.6 Å². The van der Waals surface area contributed by atoms with Crippen LogP contribution in [0.2, 0.25) is 0 Å². The van der Waals surface area contributed by atoms with Crippen LogP contribution in [-0.2, 0) is 9.53 Å². The molecule has 0 bridgehead atoms. The van der Waals surface area contributed by atoms with Crippen LogP contribution in [0.1, 0.15) is 21.6 Å². The average Bonchev–Trinajstić information content (AvgIpc) is 3.14. The first-order valence-electron chi connectivity index (χ1n) is 8.18. The number of aryl methyl sites for hydroxylation is 1. The third-order valence-electron chi connectivity index (χ3n) is 4.08. The molecular weight excluding hydrogens is 330 g/mol. The number of anilines is 1. The van der Waals surface area contributed by atoms with Gasteiger partial charge in [0.15, 0.2) is 6.61 Å². The summed E-state index contributed by atoms with van der Waals surface area (Å²) in [7, 11) is 0. The summed E-state index contributed by atoms with van der Waals surface area (Å²) >= 11 is 0. The number of carbonyl (C=O) groups is 2. The number of H-pyrrole nitrogens is 1. The second-order valence-electron chi connectivity index (χ2n) is 5.90. The van der Waals surface area contributed by atoms with Crippen LogP contribution in [0.3, 0.4) is 0 Å². The van der Waals surface area contributed by atoms with Crippen molar-refractivity contribution in [1.82, 2.24) is 10.2 Å². The van der Waals surface area contributed by atoms with Crippen molar-refractivity contribution in [2.45, 2.75) is 13.8 Å². The number of hydrogen-bond acceptors (Lipinski definition) is 4. The van der Waals surface area contributed by atoms with Crippen molar-refractivity contribution < 1.29 is 14.3 Å². The first-order chi connectivity index (χ1) is 12.5. The highest BCUT2D eigenvalue weighted by Crippen LogP contribution is 2.18. The summed E-state index contributed by atoms with van der Waals surface area (Å²) in [6.45, 7) is 3.52. The first kappa shape index (κ1) is 17.4. The van der Waals surface area contributed by atoms with Gasteiger partial charge in [-0.3, -0.25) is 9.89 Å². The molecule has 1 heterocycles. The summed E-state index contributed by atoms with van der Waals surface area (Å²) in [5, 5.41) is 9.48. The molecule has 0 unspecified atom stereocenters. The first-order valence-corrected chi connectivity index (χ1v) is 8.18. The zero-order valence-corrected chi connectivity index (χ0v) is 14.6. The fraction of sp³-hybridized carbons (Fsp3) is 0.150. The maximum Gasteiger partial charge on any atom is 0.356 e. The molecule has 3 aromatic rings. The fourth-order valence-corrected chi connectivity index (χ4v) is 2.46. The van der Waals surface area contributed by atoms with E-state index in [0.29, 0.717) is 11.4 Å². The van der Waals surface area contributed by atoms with Crippen LogP contribution < -0.4 is 5.32 Å². The van der Waals surface area contributed by atoms with Gasteiger partial charge in [0.2, 0.25) is 0 Å². The van der Waals surface area contributed by atoms with Gasteiger partial charge in [0.05, 0.1) is 5.69 Å². The molecule has 26 heavy (non-hydrogen) atoms. The van der Waals surface area contributed by atoms with Crippen molar-refractivity contribution >= 4 is 17.6 Å². The highest BCUT2D eigenvalue weighted by atomic mass is 16.5. The van der Waals surface area contributed by atoms with E-state index in [-0.39, 0.29) is 12.3 Å². The summed E-state index contributed by atoms with van der Waals surface area (Å²) in [6.07, 6.45) is 0. The van der Waals surface area contributed by atoms with Crippen molar-refractivity contribution in [3.05, 3.63) is 71.4 Å². The quantitative estimate of drug-likeness (QED) is 0.691. The molecule has 1 aromatic heterocycles. The topological polar surface area (TPSA) is 84.1 Å². The Morgan fingerprint density at radius 1 is 1.08 bits per heavy atom. The molecule has 0 aliphatic heterocycles. The fourth-order valence-electron chi connectivity index (χ4n) is 2.46. The lowest BCUT2D eigenvalue weighted by molar-refractivity contribution is -0.119. The molecule has 6 nitrogen and oxygen atoms in total. The highest BCUT2D eigenvalue weighted by Gasteiger charge is 2.14. The van der Waals surface area contributed by atoms with Crippen molar-refractivity contribution in [2.24, 2.45) is 0 Å². The summed E-state index contributed by atoms with van der Waals surface area (Å²) in [5.74, 6) is -1.02. The molecule has 0 aliphatic rings.